The molecule has 17 heavy (non-hydrogen) atoms. The molecule has 1 fully saturated rings. The monoisotopic (exact) mass is 253 g/mol. The van der Waals surface area contributed by atoms with E-state index in [9.17, 15) is 4.79 Å². The number of hydrogen-bond acceptors (Lipinski definition) is 4. The lowest BCUT2D eigenvalue weighted by atomic mass is 9.85. The highest BCUT2D eigenvalue weighted by Gasteiger charge is 2.39. The van der Waals surface area contributed by atoms with Crippen LogP contribution in [0.4, 0.5) is 0 Å². The molecule has 0 atom stereocenters. The van der Waals surface area contributed by atoms with E-state index in [1.807, 2.05) is 13.1 Å². The first-order valence-corrected chi connectivity index (χ1v) is 6.88. The fourth-order valence-electron chi connectivity index (χ4n) is 2.42. The molecular weight excluding hydrogens is 234 g/mol. The summed E-state index contributed by atoms with van der Waals surface area (Å²) >= 11 is 1.62. The molecule has 1 aromatic heterocycles. The predicted octanol–water partition coefficient (Wildman–Crippen LogP) is 1.59. The third kappa shape index (κ3) is 2.66. The maximum atomic E-state index is 12.2. The second-order valence-corrected chi connectivity index (χ2v) is 6.04. The first-order chi connectivity index (χ1) is 8.16. The number of aromatic nitrogens is 1. The first kappa shape index (κ1) is 12.5. The molecule has 0 saturated heterocycles. The Bertz CT molecular complexity index is 396. The van der Waals surface area contributed by atoms with Crippen molar-refractivity contribution < 1.29 is 4.79 Å². The molecule has 3 N–H and O–H groups in total. The van der Waals surface area contributed by atoms with Crippen molar-refractivity contribution in [3.05, 3.63) is 16.1 Å². The van der Waals surface area contributed by atoms with Crippen molar-refractivity contribution in [2.45, 2.75) is 39.2 Å². The van der Waals surface area contributed by atoms with Crippen LogP contribution in [0, 0.1) is 12.3 Å². The average Bonchev–Trinajstić information content (AvgIpc) is 2.95. The van der Waals surface area contributed by atoms with Crippen LogP contribution in [0.3, 0.4) is 0 Å². The summed E-state index contributed by atoms with van der Waals surface area (Å²) in [5, 5.41) is 4.03. The Morgan fingerprint density at radius 1 is 1.59 bits per heavy atom. The van der Waals surface area contributed by atoms with E-state index in [4.69, 9.17) is 5.73 Å². The number of nitrogens with one attached hydrogen (secondary N) is 1. The Balaban J connectivity index is 1.92. The van der Waals surface area contributed by atoms with Gasteiger partial charge < -0.3 is 11.1 Å². The number of nitrogens with zero attached hydrogens (tertiary/aromatic N) is 1. The highest BCUT2D eigenvalue weighted by atomic mass is 32.1. The van der Waals surface area contributed by atoms with Crippen LogP contribution in [0.15, 0.2) is 6.20 Å². The Morgan fingerprint density at radius 2 is 2.29 bits per heavy atom. The van der Waals surface area contributed by atoms with Crippen LogP contribution in [0.2, 0.25) is 0 Å². The van der Waals surface area contributed by atoms with Crippen LogP contribution >= 0.6 is 11.3 Å². The van der Waals surface area contributed by atoms with E-state index in [2.05, 4.69) is 10.3 Å². The maximum Gasteiger partial charge on any atom is 0.227 e. The van der Waals surface area contributed by atoms with Crippen LogP contribution in [0.1, 0.15) is 35.6 Å². The van der Waals surface area contributed by atoms with Gasteiger partial charge in [-0.25, -0.2) is 4.98 Å². The lowest BCUT2D eigenvalue weighted by Crippen LogP contribution is -2.43. The van der Waals surface area contributed by atoms with Crippen LogP contribution in [-0.2, 0) is 11.3 Å². The highest BCUT2D eigenvalue weighted by molar-refractivity contribution is 7.11. The molecule has 4 nitrogen and oxygen atoms in total. The zero-order valence-electron chi connectivity index (χ0n) is 10.2. The second-order valence-electron chi connectivity index (χ2n) is 4.72. The average molecular weight is 253 g/mol. The van der Waals surface area contributed by atoms with Gasteiger partial charge in [0, 0.05) is 17.6 Å². The molecule has 1 amide bonds. The van der Waals surface area contributed by atoms with Gasteiger partial charge in [0.1, 0.15) is 0 Å². The fraction of sp³-hybridized carbons (Fsp3) is 0.667. The Labute approximate surface area is 106 Å². The number of carbonyl (C=O) groups excluding carboxylic acids is 1. The molecule has 0 unspecified atom stereocenters. The summed E-state index contributed by atoms with van der Waals surface area (Å²) in [6.45, 7) is 3.00. The smallest absolute Gasteiger partial charge is 0.227 e. The number of rotatable bonds is 4. The number of nitrogens with two attached hydrogens (primary N) is 1. The summed E-state index contributed by atoms with van der Waals surface area (Å²) in [7, 11) is 0. The number of carbonyl (C=O) groups is 1. The Kier molecular flexibility index (Phi) is 3.79. The first-order valence-electron chi connectivity index (χ1n) is 6.06. The minimum atomic E-state index is -0.306. The van der Waals surface area contributed by atoms with Crippen molar-refractivity contribution in [3.63, 3.8) is 0 Å². The number of amides is 1. The molecule has 0 spiro atoms. The van der Waals surface area contributed by atoms with E-state index in [0.29, 0.717) is 13.1 Å². The van der Waals surface area contributed by atoms with E-state index >= 15 is 0 Å². The fourth-order valence-corrected chi connectivity index (χ4v) is 3.15. The predicted molar refractivity (Wildman–Crippen MR) is 68.7 cm³/mol. The third-order valence-electron chi connectivity index (χ3n) is 3.53. The molecule has 94 valence electrons. The lowest BCUT2D eigenvalue weighted by Gasteiger charge is -2.25. The zero-order chi connectivity index (χ0) is 12.3. The van der Waals surface area contributed by atoms with Crippen molar-refractivity contribution in [1.29, 1.82) is 0 Å². The molecule has 2 rings (SSSR count). The molecule has 1 saturated carbocycles. The van der Waals surface area contributed by atoms with Crippen LogP contribution in [0.5, 0.6) is 0 Å². The summed E-state index contributed by atoms with van der Waals surface area (Å²) in [6, 6.07) is 0. The highest BCUT2D eigenvalue weighted by Crippen LogP contribution is 2.37. The van der Waals surface area contributed by atoms with Crippen molar-refractivity contribution in [1.82, 2.24) is 10.3 Å². The molecule has 1 aliphatic rings. The minimum Gasteiger partial charge on any atom is -0.351 e. The van der Waals surface area contributed by atoms with Gasteiger partial charge in [0.05, 0.1) is 17.0 Å². The van der Waals surface area contributed by atoms with E-state index in [0.717, 1.165) is 35.6 Å². The Morgan fingerprint density at radius 3 is 2.82 bits per heavy atom. The lowest BCUT2D eigenvalue weighted by molar-refractivity contribution is -0.130. The number of thiazole rings is 1. The standard InChI is InChI=1S/C12H19N3OS/c1-9-14-6-10(17-9)7-15-11(16)12(8-13)4-2-3-5-12/h6H,2-5,7-8,13H2,1H3,(H,15,16). The second kappa shape index (κ2) is 5.14. The van der Waals surface area contributed by atoms with Crippen LogP contribution in [0.25, 0.3) is 0 Å². The van der Waals surface area contributed by atoms with E-state index < -0.39 is 0 Å². The van der Waals surface area contributed by atoms with Gasteiger partial charge in [-0.2, -0.15) is 0 Å². The van der Waals surface area contributed by atoms with Crippen LogP contribution in [-0.4, -0.2) is 17.4 Å². The normalized spacial score (nSPS) is 18.2. The zero-order valence-corrected chi connectivity index (χ0v) is 11.0. The van der Waals surface area contributed by atoms with E-state index in [-0.39, 0.29) is 11.3 Å². The molecule has 0 aromatic carbocycles. The summed E-state index contributed by atoms with van der Waals surface area (Å²) in [5.74, 6) is 0.114. The van der Waals surface area contributed by atoms with E-state index in [1.54, 1.807) is 11.3 Å². The Hall–Kier alpha value is -0.940. The molecule has 0 radical (unpaired) electrons. The summed E-state index contributed by atoms with van der Waals surface area (Å²) < 4.78 is 0. The molecule has 1 aromatic rings. The molecule has 1 aliphatic carbocycles. The summed E-state index contributed by atoms with van der Waals surface area (Å²) in [5.41, 5.74) is 5.47. The largest absolute Gasteiger partial charge is 0.351 e. The maximum absolute atomic E-state index is 12.2. The summed E-state index contributed by atoms with van der Waals surface area (Å²) in [6.07, 6.45) is 5.91. The molecule has 1 heterocycles. The van der Waals surface area contributed by atoms with Gasteiger partial charge in [-0.15, -0.1) is 11.3 Å². The van der Waals surface area contributed by atoms with Gasteiger partial charge >= 0.3 is 0 Å². The van der Waals surface area contributed by atoms with Gasteiger partial charge in [-0.3, -0.25) is 4.79 Å². The van der Waals surface area contributed by atoms with Crippen molar-refractivity contribution in [2.75, 3.05) is 6.54 Å². The topological polar surface area (TPSA) is 68.0 Å². The van der Waals surface area contributed by atoms with Gasteiger partial charge in [0.25, 0.3) is 0 Å². The quantitative estimate of drug-likeness (QED) is 0.856. The van der Waals surface area contributed by atoms with Gasteiger partial charge in [-0.1, -0.05) is 12.8 Å². The number of hydrogen-bond donors (Lipinski definition) is 2. The molecule has 5 heteroatoms. The van der Waals surface area contributed by atoms with Gasteiger partial charge in [0.15, 0.2) is 0 Å². The van der Waals surface area contributed by atoms with Crippen LogP contribution < -0.4 is 11.1 Å². The van der Waals surface area contributed by atoms with Crippen molar-refractivity contribution in [3.8, 4) is 0 Å². The number of aryl methyl sites for hydroxylation is 1. The molecule has 0 bridgehead atoms. The summed E-state index contributed by atoms with van der Waals surface area (Å²) in [4.78, 5) is 17.4. The third-order valence-corrected chi connectivity index (χ3v) is 4.44. The van der Waals surface area contributed by atoms with E-state index in [1.165, 1.54) is 0 Å². The van der Waals surface area contributed by atoms with Gasteiger partial charge in [0.2, 0.25) is 5.91 Å². The molecular formula is C12H19N3OS. The SMILES string of the molecule is Cc1ncc(CNC(=O)C2(CN)CCCC2)s1. The van der Waals surface area contributed by atoms with Gasteiger partial charge in [-0.05, 0) is 19.8 Å². The van der Waals surface area contributed by atoms with Crippen molar-refractivity contribution >= 4 is 17.2 Å². The molecule has 0 aliphatic heterocycles. The van der Waals surface area contributed by atoms with Crippen molar-refractivity contribution in [2.24, 2.45) is 11.1 Å². The minimum absolute atomic E-state index is 0.114.